The molecule has 0 aliphatic carbocycles. The topological polar surface area (TPSA) is 24.8 Å². The fourth-order valence-electron chi connectivity index (χ4n) is 3.80. The standard InChI is InChI=1S/C22H15Cl3N2O/c23-15-8-4-7-14(9-15)22-27-20(12-19(26-27)13-5-2-1-3-6-13)17-10-16(24)11-18(25)21(17)28-22/h1-11,20,22H,12H2/t20-,22-/m0/s1. The van der Waals surface area contributed by atoms with E-state index < -0.39 is 6.23 Å². The molecule has 0 fully saturated rings. The number of ether oxygens (including phenoxy) is 1. The maximum atomic E-state index is 6.48. The van der Waals surface area contributed by atoms with Gasteiger partial charge in [-0.1, -0.05) is 77.3 Å². The Kier molecular flexibility index (Phi) is 4.47. The van der Waals surface area contributed by atoms with Crippen molar-refractivity contribution in [1.82, 2.24) is 5.01 Å². The molecule has 0 amide bonds. The Bertz CT molecular complexity index is 1080. The zero-order valence-corrected chi connectivity index (χ0v) is 16.9. The van der Waals surface area contributed by atoms with Crippen LogP contribution in [-0.2, 0) is 0 Å². The van der Waals surface area contributed by atoms with Gasteiger partial charge in [-0.3, -0.25) is 0 Å². The molecule has 0 unspecified atom stereocenters. The lowest BCUT2D eigenvalue weighted by molar-refractivity contribution is -0.0189. The van der Waals surface area contributed by atoms with E-state index in [0.29, 0.717) is 20.8 Å². The summed E-state index contributed by atoms with van der Waals surface area (Å²) in [5.74, 6) is 0.654. The van der Waals surface area contributed by atoms with Gasteiger partial charge in [0.15, 0.2) is 0 Å². The van der Waals surface area contributed by atoms with Crippen LogP contribution in [0, 0.1) is 0 Å². The number of hydrogen-bond acceptors (Lipinski definition) is 3. The van der Waals surface area contributed by atoms with Gasteiger partial charge in [0.05, 0.1) is 16.8 Å². The predicted octanol–water partition coefficient (Wildman–Crippen LogP) is 6.89. The van der Waals surface area contributed by atoms with Crippen molar-refractivity contribution in [2.45, 2.75) is 18.7 Å². The van der Waals surface area contributed by atoms with E-state index in [4.69, 9.17) is 44.6 Å². The summed E-state index contributed by atoms with van der Waals surface area (Å²) in [6.07, 6.45) is 0.324. The molecule has 0 saturated carbocycles. The Morgan fingerprint density at radius 1 is 0.893 bits per heavy atom. The van der Waals surface area contributed by atoms with Crippen LogP contribution in [0.3, 0.4) is 0 Å². The first-order valence-electron chi connectivity index (χ1n) is 8.92. The van der Waals surface area contributed by atoms with Gasteiger partial charge in [-0.2, -0.15) is 5.10 Å². The maximum absolute atomic E-state index is 6.48. The third kappa shape index (κ3) is 3.04. The fourth-order valence-corrected chi connectivity index (χ4v) is 4.55. The smallest absolute Gasteiger partial charge is 0.214 e. The van der Waals surface area contributed by atoms with Crippen LogP contribution in [-0.4, -0.2) is 10.7 Å². The number of nitrogens with zero attached hydrogens (tertiary/aromatic N) is 2. The molecule has 2 atom stereocenters. The van der Waals surface area contributed by atoms with Crippen LogP contribution in [0.5, 0.6) is 5.75 Å². The highest BCUT2D eigenvalue weighted by Gasteiger charge is 2.42. The molecule has 0 aromatic heterocycles. The van der Waals surface area contributed by atoms with Crippen LogP contribution in [0.25, 0.3) is 0 Å². The van der Waals surface area contributed by atoms with E-state index in [9.17, 15) is 0 Å². The second kappa shape index (κ2) is 7.00. The molecule has 28 heavy (non-hydrogen) atoms. The zero-order valence-electron chi connectivity index (χ0n) is 14.6. The highest BCUT2D eigenvalue weighted by molar-refractivity contribution is 6.35. The van der Waals surface area contributed by atoms with E-state index in [0.717, 1.165) is 28.8 Å². The second-order valence-corrected chi connectivity index (χ2v) is 8.12. The Hall–Kier alpha value is -2.20. The maximum Gasteiger partial charge on any atom is 0.214 e. The lowest BCUT2D eigenvalue weighted by Gasteiger charge is -2.38. The monoisotopic (exact) mass is 428 g/mol. The van der Waals surface area contributed by atoms with E-state index in [1.54, 1.807) is 6.07 Å². The van der Waals surface area contributed by atoms with E-state index >= 15 is 0 Å². The highest BCUT2D eigenvalue weighted by atomic mass is 35.5. The van der Waals surface area contributed by atoms with Crippen LogP contribution in [0.1, 0.15) is 35.4 Å². The summed E-state index contributed by atoms with van der Waals surface area (Å²) in [6, 6.07) is 21.4. The lowest BCUT2D eigenvalue weighted by atomic mass is 9.96. The van der Waals surface area contributed by atoms with Crippen LogP contribution < -0.4 is 4.74 Å². The third-order valence-electron chi connectivity index (χ3n) is 5.05. The SMILES string of the molecule is Clc1cccc([C@@H]2Oc3c(Cl)cc(Cl)cc3[C@@H]3CC(c4ccccc4)=NN32)c1. The van der Waals surface area contributed by atoms with Crippen molar-refractivity contribution in [3.05, 3.63) is 98.5 Å². The van der Waals surface area contributed by atoms with Crippen LogP contribution in [0.15, 0.2) is 71.8 Å². The fraction of sp³-hybridized carbons (Fsp3) is 0.136. The first kappa shape index (κ1) is 17.9. The summed E-state index contributed by atoms with van der Waals surface area (Å²) in [6.45, 7) is 0. The molecule has 0 N–H and O–H groups in total. The Balaban J connectivity index is 1.65. The molecule has 5 rings (SSSR count). The van der Waals surface area contributed by atoms with Gasteiger partial charge >= 0.3 is 0 Å². The predicted molar refractivity (Wildman–Crippen MR) is 113 cm³/mol. The molecule has 2 aliphatic rings. The number of hydrogen-bond donors (Lipinski definition) is 0. The van der Waals surface area contributed by atoms with Gasteiger partial charge in [0, 0.05) is 27.6 Å². The van der Waals surface area contributed by atoms with Crippen molar-refractivity contribution in [2.75, 3.05) is 0 Å². The molecule has 0 radical (unpaired) electrons. The van der Waals surface area contributed by atoms with Gasteiger partial charge in [0.2, 0.25) is 6.23 Å². The van der Waals surface area contributed by atoms with Gasteiger partial charge in [0.1, 0.15) is 5.75 Å². The molecule has 2 heterocycles. The van der Waals surface area contributed by atoms with Crippen molar-refractivity contribution >= 4 is 40.5 Å². The highest BCUT2D eigenvalue weighted by Crippen LogP contribution is 2.50. The number of benzene rings is 3. The van der Waals surface area contributed by atoms with Gasteiger partial charge in [0.25, 0.3) is 0 Å². The summed E-state index contributed by atoms with van der Waals surface area (Å²) in [5.41, 5.74) is 3.97. The quantitative estimate of drug-likeness (QED) is 0.443. The molecule has 140 valence electrons. The van der Waals surface area contributed by atoms with Crippen LogP contribution in [0.4, 0.5) is 0 Å². The minimum absolute atomic E-state index is 0.0147. The molecule has 3 aromatic carbocycles. The average Bonchev–Trinajstić information content (AvgIpc) is 3.14. The molecule has 3 nitrogen and oxygen atoms in total. The number of rotatable bonds is 2. The summed E-state index contributed by atoms with van der Waals surface area (Å²) in [7, 11) is 0. The number of halogens is 3. The van der Waals surface area contributed by atoms with E-state index in [2.05, 4.69) is 12.1 Å². The lowest BCUT2D eigenvalue weighted by Crippen LogP contribution is -2.33. The van der Waals surface area contributed by atoms with Crippen molar-refractivity contribution in [1.29, 1.82) is 0 Å². The number of fused-ring (bicyclic) bond motifs is 3. The first-order valence-corrected chi connectivity index (χ1v) is 10.1. The average molecular weight is 430 g/mol. The third-order valence-corrected chi connectivity index (χ3v) is 5.78. The normalized spacial score (nSPS) is 20.2. The van der Waals surface area contributed by atoms with Crippen molar-refractivity contribution in [3.63, 3.8) is 0 Å². The summed E-state index contributed by atoms with van der Waals surface area (Å²) in [4.78, 5) is 0. The van der Waals surface area contributed by atoms with Crippen molar-refractivity contribution in [2.24, 2.45) is 5.10 Å². The van der Waals surface area contributed by atoms with Gasteiger partial charge in [-0.05, 0) is 29.8 Å². The van der Waals surface area contributed by atoms with Gasteiger partial charge in [-0.25, -0.2) is 5.01 Å². The molecular weight excluding hydrogens is 415 g/mol. The Labute approximate surface area is 178 Å². The minimum Gasteiger partial charge on any atom is -0.463 e. The molecular formula is C22H15Cl3N2O. The Morgan fingerprint density at radius 2 is 1.71 bits per heavy atom. The summed E-state index contributed by atoms with van der Waals surface area (Å²) < 4.78 is 6.33. The van der Waals surface area contributed by atoms with Crippen LogP contribution >= 0.6 is 34.8 Å². The largest absolute Gasteiger partial charge is 0.463 e. The zero-order chi connectivity index (χ0) is 19.3. The summed E-state index contributed by atoms with van der Waals surface area (Å²) >= 11 is 19.0. The van der Waals surface area contributed by atoms with Crippen molar-refractivity contribution < 1.29 is 4.74 Å². The van der Waals surface area contributed by atoms with Crippen molar-refractivity contribution in [3.8, 4) is 5.75 Å². The molecule has 6 heteroatoms. The minimum atomic E-state index is -0.420. The molecule has 3 aromatic rings. The summed E-state index contributed by atoms with van der Waals surface area (Å²) in [5, 5.41) is 8.65. The molecule has 0 saturated heterocycles. The van der Waals surface area contributed by atoms with Gasteiger partial charge in [-0.15, -0.1) is 0 Å². The molecule has 0 spiro atoms. The molecule has 2 aliphatic heterocycles. The van der Waals surface area contributed by atoms with E-state index in [1.165, 1.54) is 0 Å². The molecule has 0 bridgehead atoms. The van der Waals surface area contributed by atoms with E-state index in [-0.39, 0.29) is 6.04 Å². The van der Waals surface area contributed by atoms with Gasteiger partial charge < -0.3 is 4.74 Å². The van der Waals surface area contributed by atoms with Crippen LogP contribution in [0.2, 0.25) is 15.1 Å². The number of hydrazone groups is 1. The van der Waals surface area contributed by atoms with E-state index in [1.807, 2.05) is 53.5 Å². The Morgan fingerprint density at radius 3 is 2.50 bits per heavy atom. The first-order chi connectivity index (χ1) is 13.6. The second-order valence-electron chi connectivity index (χ2n) is 6.84.